The Morgan fingerprint density at radius 3 is 2.58 bits per heavy atom. The highest BCUT2D eigenvalue weighted by atomic mass is 35.5. The van der Waals surface area contributed by atoms with Gasteiger partial charge in [0.15, 0.2) is 17.3 Å². The summed E-state index contributed by atoms with van der Waals surface area (Å²) in [6.07, 6.45) is 0.481. The number of anilines is 1. The zero-order chi connectivity index (χ0) is 26.7. The quantitative estimate of drug-likeness (QED) is 0.399. The molecule has 2 aromatic heterocycles. The fourth-order valence-electron chi connectivity index (χ4n) is 4.70. The monoisotopic (exact) mass is 540 g/mol. The van der Waals surface area contributed by atoms with Gasteiger partial charge in [0.2, 0.25) is 5.43 Å². The third-order valence-corrected chi connectivity index (χ3v) is 6.76. The summed E-state index contributed by atoms with van der Waals surface area (Å²) in [6, 6.07) is 10.6. The van der Waals surface area contributed by atoms with Gasteiger partial charge < -0.3 is 10.0 Å². The predicted molar refractivity (Wildman–Crippen MR) is 133 cm³/mol. The molecule has 0 bridgehead atoms. The first kappa shape index (κ1) is 24.0. The number of carboxylic acid groups (broad SMARTS) is 1. The summed E-state index contributed by atoms with van der Waals surface area (Å²) in [6.45, 7) is 0.449. The lowest BCUT2D eigenvalue weighted by Gasteiger charge is -2.20. The van der Waals surface area contributed by atoms with Gasteiger partial charge in [0.05, 0.1) is 23.3 Å². The summed E-state index contributed by atoms with van der Waals surface area (Å²) >= 11 is 5.99. The standard InChI is InChI=1S/C26H16ClF3N4O4/c27-13-3-1-12(2-4-13)22-16-9-33(11-21(16)38-32-22)25-19(30)8-15-23(35)17(26(36)37)10-34(24(15)31-25)20-6-5-14(28)7-18(20)29/h1-8,10,21,32H,9,11H2,(H,36,37). The van der Waals surface area contributed by atoms with Crippen molar-refractivity contribution in [2.24, 2.45) is 0 Å². The van der Waals surface area contributed by atoms with Crippen molar-refractivity contribution in [3.8, 4) is 5.69 Å². The van der Waals surface area contributed by atoms with E-state index in [0.29, 0.717) is 16.8 Å². The molecule has 2 N–H and O–H groups in total. The third-order valence-electron chi connectivity index (χ3n) is 6.51. The topological polar surface area (TPSA) is 96.7 Å². The summed E-state index contributed by atoms with van der Waals surface area (Å²) in [7, 11) is 0. The number of hydrogen-bond donors (Lipinski definition) is 2. The SMILES string of the molecule is O=C(O)c1cn(-c2ccc(F)cc2F)c2nc(N3CC4=C(c5ccc(Cl)cc5)NOC4C3)c(F)cc2c1=O. The first-order valence-corrected chi connectivity index (χ1v) is 11.7. The molecule has 38 heavy (non-hydrogen) atoms. The average Bonchev–Trinajstić information content (AvgIpc) is 3.46. The Kier molecular flexibility index (Phi) is 5.62. The average molecular weight is 541 g/mol. The van der Waals surface area contributed by atoms with E-state index in [4.69, 9.17) is 16.4 Å². The van der Waals surface area contributed by atoms with Crippen molar-refractivity contribution in [1.82, 2.24) is 15.0 Å². The van der Waals surface area contributed by atoms with Crippen molar-refractivity contribution in [3.05, 3.63) is 104 Å². The van der Waals surface area contributed by atoms with E-state index >= 15 is 4.39 Å². The number of carboxylic acids is 1. The second-order valence-electron chi connectivity index (χ2n) is 8.80. The van der Waals surface area contributed by atoms with E-state index in [1.165, 1.54) is 0 Å². The van der Waals surface area contributed by atoms with Crippen LogP contribution in [0.5, 0.6) is 0 Å². The van der Waals surface area contributed by atoms with Crippen LogP contribution in [0.2, 0.25) is 5.02 Å². The number of aromatic nitrogens is 2. The van der Waals surface area contributed by atoms with Crippen LogP contribution >= 0.6 is 11.6 Å². The maximum atomic E-state index is 15.4. The fourth-order valence-corrected chi connectivity index (χ4v) is 4.82. The normalized spacial score (nSPS) is 16.7. The van der Waals surface area contributed by atoms with Gasteiger partial charge in [-0.15, -0.1) is 0 Å². The Hall–Kier alpha value is -4.35. The Bertz CT molecular complexity index is 1740. The second kappa shape index (κ2) is 8.89. The lowest BCUT2D eigenvalue weighted by atomic mass is 10.1. The van der Waals surface area contributed by atoms with Crippen molar-refractivity contribution in [1.29, 1.82) is 0 Å². The van der Waals surface area contributed by atoms with Crippen molar-refractivity contribution in [2.75, 3.05) is 18.0 Å². The second-order valence-corrected chi connectivity index (χ2v) is 9.24. The summed E-state index contributed by atoms with van der Waals surface area (Å²) in [5.74, 6) is -4.47. The Morgan fingerprint density at radius 1 is 1.11 bits per heavy atom. The number of carbonyl (C=O) groups is 1. The van der Waals surface area contributed by atoms with Gasteiger partial charge in [-0.25, -0.2) is 22.9 Å². The lowest BCUT2D eigenvalue weighted by molar-refractivity contribution is 0.0578. The molecule has 2 aromatic carbocycles. The van der Waals surface area contributed by atoms with Gasteiger partial charge in [-0.2, -0.15) is 0 Å². The van der Waals surface area contributed by atoms with Gasteiger partial charge in [-0.05, 0) is 30.3 Å². The predicted octanol–water partition coefficient (Wildman–Crippen LogP) is 4.29. The first-order valence-electron chi connectivity index (χ1n) is 11.3. The molecule has 1 fully saturated rings. The molecule has 192 valence electrons. The smallest absolute Gasteiger partial charge is 0.341 e. The molecule has 1 saturated heterocycles. The maximum Gasteiger partial charge on any atom is 0.341 e. The first-order chi connectivity index (χ1) is 18.2. The van der Waals surface area contributed by atoms with Crippen LogP contribution in [0.4, 0.5) is 19.0 Å². The molecule has 2 aliphatic heterocycles. The minimum atomic E-state index is -1.59. The Morgan fingerprint density at radius 2 is 1.87 bits per heavy atom. The highest BCUT2D eigenvalue weighted by Gasteiger charge is 2.38. The van der Waals surface area contributed by atoms with Crippen LogP contribution in [0.15, 0.2) is 65.1 Å². The zero-order valence-electron chi connectivity index (χ0n) is 19.2. The molecule has 0 spiro atoms. The summed E-state index contributed by atoms with van der Waals surface area (Å²) < 4.78 is 44.7. The minimum absolute atomic E-state index is 0.141. The molecular formula is C26H16ClF3N4O4. The number of aromatic carboxylic acids is 1. The van der Waals surface area contributed by atoms with Crippen LogP contribution in [0.1, 0.15) is 15.9 Å². The molecule has 0 radical (unpaired) electrons. The molecule has 4 aromatic rings. The van der Waals surface area contributed by atoms with Gasteiger partial charge >= 0.3 is 5.97 Å². The fraction of sp³-hybridized carbons (Fsp3) is 0.115. The number of hydrogen-bond acceptors (Lipinski definition) is 6. The molecule has 1 atom stereocenters. The number of pyridine rings is 2. The van der Waals surface area contributed by atoms with Gasteiger partial charge in [-0.3, -0.25) is 19.7 Å². The largest absolute Gasteiger partial charge is 0.477 e. The highest BCUT2D eigenvalue weighted by molar-refractivity contribution is 6.30. The molecule has 2 aliphatic rings. The van der Waals surface area contributed by atoms with Gasteiger partial charge in [0.1, 0.15) is 23.3 Å². The number of hydroxylamine groups is 1. The van der Waals surface area contributed by atoms with E-state index in [-0.39, 0.29) is 35.6 Å². The summed E-state index contributed by atoms with van der Waals surface area (Å²) in [5.41, 5.74) is 3.12. The van der Waals surface area contributed by atoms with E-state index in [9.17, 15) is 23.5 Å². The number of fused-ring (bicyclic) bond motifs is 2. The zero-order valence-corrected chi connectivity index (χ0v) is 20.0. The van der Waals surface area contributed by atoms with Crippen LogP contribution in [-0.2, 0) is 4.84 Å². The van der Waals surface area contributed by atoms with Crippen LogP contribution in [0, 0.1) is 17.5 Å². The van der Waals surface area contributed by atoms with Crippen molar-refractivity contribution in [2.45, 2.75) is 6.10 Å². The van der Waals surface area contributed by atoms with Crippen molar-refractivity contribution < 1.29 is 27.9 Å². The van der Waals surface area contributed by atoms with E-state index in [1.54, 1.807) is 17.0 Å². The van der Waals surface area contributed by atoms with Crippen molar-refractivity contribution in [3.63, 3.8) is 0 Å². The number of rotatable bonds is 4. The van der Waals surface area contributed by atoms with E-state index in [1.807, 2.05) is 12.1 Å². The van der Waals surface area contributed by atoms with Gasteiger partial charge in [0, 0.05) is 35.0 Å². The van der Waals surface area contributed by atoms with Crippen LogP contribution < -0.4 is 15.8 Å². The molecule has 6 rings (SSSR count). The number of nitrogens with one attached hydrogen (secondary N) is 1. The summed E-state index contributed by atoms with van der Waals surface area (Å²) in [5, 5.41) is 9.71. The molecule has 0 amide bonds. The van der Waals surface area contributed by atoms with Crippen LogP contribution in [0.3, 0.4) is 0 Å². The molecular weight excluding hydrogens is 525 g/mol. The van der Waals surface area contributed by atoms with E-state index in [2.05, 4.69) is 10.5 Å². The summed E-state index contributed by atoms with van der Waals surface area (Å²) in [4.78, 5) is 36.2. The lowest BCUT2D eigenvalue weighted by Crippen LogP contribution is -2.27. The maximum absolute atomic E-state index is 15.4. The van der Waals surface area contributed by atoms with Crippen LogP contribution in [-0.4, -0.2) is 39.8 Å². The molecule has 1 unspecified atom stereocenters. The molecule has 12 heteroatoms. The van der Waals surface area contributed by atoms with E-state index in [0.717, 1.165) is 40.1 Å². The van der Waals surface area contributed by atoms with Crippen molar-refractivity contribution >= 4 is 40.1 Å². The molecule has 0 aliphatic carbocycles. The Balaban J connectivity index is 1.50. The Labute approximate surface area is 217 Å². The number of nitrogens with zero attached hydrogens (tertiary/aromatic N) is 3. The van der Waals surface area contributed by atoms with Crippen LogP contribution in [0.25, 0.3) is 22.4 Å². The molecule has 4 heterocycles. The minimum Gasteiger partial charge on any atom is -0.477 e. The van der Waals surface area contributed by atoms with Gasteiger partial charge in [0.25, 0.3) is 0 Å². The molecule has 8 nitrogen and oxygen atoms in total. The molecule has 0 saturated carbocycles. The van der Waals surface area contributed by atoms with Gasteiger partial charge in [-0.1, -0.05) is 23.7 Å². The van der Waals surface area contributed by atoms with E-state index < -0.39 is 40.5 Å². The number of benzene rings is 2. The number of halogens is 4. The third kappa shape index (κ3) is 3.87. The highest BCUT2D eigenvalue weighted by Crippen LogP contribution is 2.35.